The van der Waals surface area contributed by atoms with E-state index < -0.39 is 0 Å². The second-order valence-electron chi connectivity index (χ2n) is 4.46. The van der Waals surface area contributed by atoms with E-state index in [4.69, 9.17) is 5.26 Å². The van der Waals surface area contributed by atoms with Crippen LogP contribution in [-0.4, -0.2) is 18.1 Å². The van der Waals surface area contributed by atoms with E-state index in [1.54, 1.807) is 49.5 Å². The molecule has 0 unspecified atom stereocenters. The van der Waals surface area contributed by atoms with Crippen molar-refractivity contribution in [2.75, 3.05) is 11.9 Å². The third-order valence-corrected chi connectivity index (χ3v) is 3.03. The van der Waals surface area contributed by atoms with Crippen LogP contribution in [0, 0.1) is 11.3 Å². The number of carbonyl (C=O) groups excluding carboxylic acids is 1. The smallest absolute Gasteiger partial charge is 0.231 e. The Morgan fingerprint density at radius 1 is 1.25 bits per heavy atom. The topological polar surface area (TPSA) is 64.3 Å². The van der Waals surface area contributed by atoms with Gasteiger partial charge in [-0.1, -0.05) is 18.2 Å². The van der Waals surface area contributed by atoms with Crippen LogP contribution in [0.5, 0.6) is 5.75 Å². The number of anilines is 1. The molecule has 0 aromatic heterocycles. The van der Waals surface area contributed by atoms with Crippen molar-refractivity contribution >= 4 is 11.6 Å². The number of rotatable bonds is 3. The first-order valence-electron chi connectivity index (χ1n) is 6.15. The fourth-order valence-corrected chi connectivity index (χ4v) is 1.84. The highest BCUT2D eigenvalue weighted by atomic mass is 16.3. The molecule has 0 spiro atoms. The Morgan fingerprint density at radius 2 is 1.95 bits per heavy atom. The Hall–Kier alpha value is -2.80. The standard InChI is InChI=1S/C16H14N2O2/c1-18(14-3-2-4-15(19)10-14)16(20)9-12-5-7-13(11-17)8-6-12/h2-8,10,19H,9H2,1H3. The second kappa shape index (κ2) is 5.89. The van der Waals surface area contributed by atoms with Gasteiger partial charge in [-0.15, -0.1) is 0 Å². The summed E-state index contributed by atoms with van der Waals surface area (Å²) in [6, 6.07) is 15.5. The van der Waals surface area contributed by atoms with Gasteiger partial charge >= 0.3 is 0 Å². The van der Waals surface area contributed by atoms with Crippen molar-refractivity contribution in [2.45, 2.75) is 6.42 Å². The summed E-state index contributed by atoms with van der Waals surface area (Å²) in [6.07, 6.45) is 0.248. The highest BCUT2D eigenvalue weighted by Crippen LogP contribution is 2.19. The van der Waals surface area contributed by atoms with Gasteiger partial charge in [-0.05, 0) is 29.8 Å². The first-order valence-corrected chi connectivity index (χ1v) is 6.15. The molecule has 0 aliphatic heterocycles. The minimum atomic E-state index is -0.0830. The van der Waals surface area contributed by atoms with E-state index in [-0.39, 0.29) is 18.1 Å². The van der Waals surface area contributed by atoms with Crippen LogP contribution < -0.4 is 4.90 Å². The molecule has 100 valence electrons. The number of benzene rings is 2. The Kier molecular flexibility index (Phi) is 4.02. The maximum atomic E-state index is 12.2. The summed E-state index contributed by atoms with van der Waals surface area (Å²) in [5, 5.41) is 18.1. The number of phenolic OH excluding ortho intramolecular Hbond substituents is 1. The summed E-state index contributed by atoms with van der Waals surface area (Å²) in [7, 11) is 1.67. The van der Waals surface area contributed by atoms with E-state index in [1.165, 1.54) is 11.0 Å². The van der Waals surface area contributed by atoms with Gasteiger partial charge in [0.1, 0.15) is 5.75 Å². The van der Waals surface area contributed by atoms with Crippen molar-refractivity contribution in [1.29, 1.82) is 5.26 Å². The molecule has 0 heterocycles. The van der Waals surface area contributed by atoms with Gasteiger partial charge in [-0.3, -0.25) is 4.79 Å². The van der Waals surface area contributed by atoms with Crippen LogP contribution in [0.15, 0.2) is 48.5 Å². The average molecular weight is 266 g/mol. The zero-order valence-electron chi connectivity index (χ0n) is 11.1. The third-order valence-electron chi connectivity index (χ3n) is 3.03. The molecule has 2 aromatic rings. The van der Waals surface area contributed by atoms with E-state index in [1.807, 2.05) is 6.07 Å². The molecule has 0 bridgehead atoms. The summed E-state index contributed by atoms with van der Waals surface area (Å²) < 4.78 is 0. The lowest BCUT2D eigenvalue weighted by Crippen LogP contribution is -2.27. The van der Waals surface area contributed by atoms with Gasteiger partial charge in [0.2, 0.25) is 5.91 Å². The molecule has 0 aliphatic rings. The number of nitriles is 1. The van der Waals surface area contributed by atoms with Gasteiger partial charge in [0.25, 0.3) is 0 Å². The number of phenols is 1. The summed E-state index contributed by atoms with van der Waals surface area (Å²) >= 11 is 0. The maximum Gasteiger partial charge on any atom is 0.231 e. The number of amides is 1. The lowest BCUT2D eigenvalue weighted by molar-refractivity contribution is -0.117. The quantitative estimate of drug-likeness (QED) is 0.928. The highest BCUT2D eigenvalue weighted by Gasteiger charge is 2.12. The molecule has 1 N–H and O–H groups in total. The molecular formula is C16H14N2O2. The van der Waals surface area contributed by atoms with E-state index in [2.05, 4.69) is 0 Å². The average Bonchev–Trinajstić information content (AvgIpc) is 2.47. The normalized spacial score (nSPS) is 9.80. The van der Waals surface area contributed by atoms with Gasteiger partial charge in [0.15, 0.2) is 0 Å². The van der Waals surface area contributed by atoms with Crippen LogP contribution >= 0.6 is 0 Å². The van der Waals surface area contributed by atoms with Gasteiger partial charge in [-0.2, -0.15) is 5.26 Å². The van der Waals surface area contributed by atoms with Crippen molar-refractivity contribution in [3.8, 4) is 11.8 Å². The van der Waals surface area contributed by atoms with Gasteiger partial charge in [-0.25, -0.2) is 0 Å². The van der Waals surface area contributed by atoms with Crippen molar-refractivity contribution < 1.29 is 9.90 Å². The first kappa shape index (κ1) is 13.6. The second-order valence-corrected chi connectivity index (χ2v) is 4.46. The summed E-state index contributed by atoms with van der Waals surface area (Å²) in [6.45, 7) is 0. The maximum absolute atomic E-state index is 12.2. The van der Waals surface area contributed by atoms with E-state index in [0.717, 1.165) is 5.56 Å². The third kappa shape index (κ3) is 3.15. The minimum Gasteiger partial charge on any atom is -0.508 e. The monoisotopic (exact) mass is 266 g/mol. The first-order chi connectivity index (χ1) is 9.60. The molecule has 0 saturated carbocycles. The zero-order chi connectivity index (χ0) is 14.5. The summed E-state index contributed by atoms with van der Waals surface area (Å²) in [5.74, 6) is 0.0424. The lowest BCUT2D eigenvalue weighted by Gasteiger charge is -2.17. The van der Waals surface area contributed by atoms with Crippen LogP contribution in [0.1, 0.15) is 11.1 Å². The molecule has 4 heteroatoms. The lowest BCUT2D eigenvalue weighted by atomic mass is 10.1. The van der Waals surface area contributed by atoms with Gasteiger partial charge in [0, 0.05) is 18.8 Å². The van der Waals surface area contributed by atoms with E-state index >= 15 is 0 Å². The Morgan fingerprint density at radius 3 is 2.55 bits per heavy atom. The van der Waals surface area contributed by atoms with Gasteiger partial charge in [0.05, 0.1) is 18.1 Å². The van der Waals surface area contributed by atoms with Crippen molar-refractivity contribution in [1.82, 2.24) is 0 Å². The number of hydrogen-bond donors (Lipinski definition) is 1. The molecule has 0 atom stereocenters. The fraction of sp³-hybridized carbons (Fsp3) is 0.125. The number of nitrogens with zero attached hydrogens (tertiary/aromatic N) is 2. The highest BCUT2D eigenvalue weighted by molar-refractivity contribution is 5.94. The number of hydrogen-bond acceptors (Lipinski definition) is 3. The predicted octanol–water partition coefficient (Wildman–Crippen LogP) is 2.47. The molecule has 1 amide bonds. The minimum absolute atomic E-state index is 0.0830. The molecule has 2 aromatic carbocycles. The largest absolute Gasteiger partial charge is 0.508 e. The van der Waals surface area contributed by atoms with Crippen LogP contribution in [0.3, 0.4) is 0 Å². The van der Waals surface area contributed by atoms with E-state index in [9.17, 15) is 9.90 Å². The zero-order valence-corrected chi connectivity index (χ0v) is 11.1. The van der Waals surface area contributed by atoms with Crippen molar-refractivity contribution in [2.24, 2.45) is 0 Å². The van der Waals surface area contributed by atoms with Crippen molar-refractivity contribution in [3.05, 3.63) is 59.7 Å². The molecule has 4 nitrogen and oxygen atoms in total. The molecule has 0 saturated heterocycles. The molecule has 0 radical (unpaired) electrons. The summed E-state index contributed by atoms with van der Waals surface area (Å²) in [4.78, 5) is 13.7. The molecular weight excluding hydrogens is 252 g/mol. The molecule has 0 fully saturated rings. The van der Waals surface area contributed by atoms with Crippen LogP contribution in [-0.2, 0) is 11.2 Å². The molecule has 2 rings (SSSR count). The van der Waals surface area contributed by atoms with Gasteiger partial charge < -0.3 is 10.0 Å². The summed E-state index contributed by atoms with van der Waals surface area (Å²) in [5.41, 5.74) is 2.06. The predicted molar refractivity (Wildman–Crippen MR) is 76.4 cm³/mol. The van der Waals surface area contributed by atoms with Crippen molar-refractivity contribution in [3.63, 3.8) is 0 Å². The van der Waals surface area contributed by atoms with Crippen LogP contribution in [0.25, 0.3) is 0 Å². The Bertz CT molecular complexity index is 657. The Labute approximate surface area is 117 Å². The fourth-order valence-electron chi connectivity index (χ4n) is 1.84. The Balaban J connectivity index is 2.09. The SMILES string of the molecule is CN(C(=O)Cc1ccc(C#N)cc1)c1cccc(O)c1. The number of likely N-dealkylation sites (N-methyl/N-ethyl adjacent to an activating group) is 1. The van der Waals surface area contributed by atoms with Crippen LogP contribution in [0.2, 0.25) is 0 Å². The number of carbonyl (C=O) groups is 1. The van der Waals surface area contributed by atoms with Crippen LogP contribution in [0.4, 0.5) is 5.69 Å². The molecule has 20 heavy (non-hydrogen) atoms. The molecule has 0 aliphatic carbocycles. The number of aromatic hydroxyl groups is 1. The van der Waals surface area contributed by atoms with E-state index in [0.29, 0.717) is 11.3 Å².